The van der Waals surface area contributed by atoms with Crippen LogP contribution in [-0.4, -0.2) is 15.6 Å². The molecule has 1 aromatic heterocycles. The third-order valence-electron chi connectivity index (χ3n) is 2.53. The number of pyridine rings is 1. The van der Waals surface area contributed by atoms with Gasteiger partial charge in [0.15, 0.2) is 0 Å². The van der Waals surface area contributed by atoms with Gasteiger partial charge in [-0.1, -0.05) is 18.2 Å². The van der Waals surface area contributed by atoms with Gasteiger partial charge < -0.3 is 5.11 Å². The maximum absolute atomic E-state index is 11.7. The summed E-state index contributed by atoms with van der Waals surface area (Å²) in [5, 5.41) is 8.90. The number of hydrogen-bond acceptors (Lipinski definition) is 2. The van der Waals surface area contributed by atoms with E-state index in [4.69, 9.17) is 5.11 Å². The van der Waals surface area contributed by atoms with Crippen molar-refractivity contribution >= 4 is 5.97 Å². The summed E-state index contributed by atoms with van der Waals surface area (Å²) in [6, 6.07) is 9.89. The van der Waals surface area contributed by atoms with Gasteiger partial charge in [0.05, 0.1) is 11.3 Å². The van der Waals surface area contributed by atoms with Crippen LogP contribution in [0.4, 0.5) is 0 Å². The fourth-order valence-electron chi connectivity index (χ4n) is 1.64. The van der Waals surface area contributed by atoms with Crippen LogP contribution in [0.5, 0.6) is 0 Å². The van der Waals surface area contributed by atoms with E-state index in [1.54, 1.807) is 6.07 Å². The number of nitrogens with zero attached hydrogens (tertiary/aromatic N) is 1. The van der Waals surface area contributed by atoms with Crippen molar-refractivity contribution in [1.29, 1.82) is 0 Å². The fourth-order valence-corrected chi connectivity index (χ4v) is 1.64. The summed E-state index contributed by atoms with van der Waals surface area (Å²) in [5.41, 5.74) is 1.45. The summed E-state index contributed by atoms with van der Waals surface area (Å²) >= 11 is 0. The predicted molar refractivity (Wildman–Crippen MR) is 63.7 cm³/mol. The van der Waals surface area contributed by atoms with Crippen molar-refractivity contribution in [3.63, 3.8) is 0 Å². The molecule has 0 aliphatic carbocycles. The Kier molecular flexibility index (Phi) is 2.78. The zero-order valence-electron chi connectivity index (χ0n) is 9.25. The lowest BCUT2D eigenvalue weighted by atomic mass is 10.2. The highest BCUT2D eigenvalue weighted by molar-refractivity contribution is 5.87. The third kappa shape index (κ3) is 2.10. The summed E-state index contributed by atoms with van der Waals surface area (Å²) < 4.78 is 1.35. The van der Waals surface area contributed by atoms with Crippen LogP contribution in [-0.2, 0) is 0 Å². The number of aromatic nitrogens is 1. The van der Waals surface area contributed by atoms with E-state index in [2.05, 4.69) is 0 Å². The number of para-hydroxylation sites is 1. The van der Waals surface area contributed by atoms with E-state index in [9.17, 15) is 9.59 Å². The molecule has 86 valence electrons. The zero-order chi connectivity index (χ0) is 12.4. The fraction of sp³-hybridized carbons (Fsp3) is 0.0769. The normalized spacial score (nSPS) is 10.2. The molecule has 0 saturated heterocycles. The Bertz CT molecular complexity index is 629. The molecular formula is C13H11NO3. The van der Waals surface area contributed by atoms with Gasteiger partial charge in [-0.25, -0.2) is 4.79 Å². The number of hydrogen-bond donors (Lipinski definition) is 1. The molecule has 17 heavy (non-hydrogen) atoms. The lowest BCUT2D eigenvalue weighted by Crippen LogP contribution is -2.19. The SMILES string of the molecule is Cc1ccccc1-n1cc(C(=O)O)ccc1=O. The first-order valence-electron chi connectivity index (χ1n) is 5.11. The van der Waals surface area contributed by atoms with Crippen LogP contribution in [0, 0.1) is 6.92 Å². The van der Waals surface area contributed by atoms with E-state index in [-0.39, 0.29) is 11.1 Å². The maximum Gasteiger partial charge on any atom is 0.337 e. The van der Waals surface area contributed by atoms with Crippen LogP contribution in [0.3, 0.4) is 0 Å². The van der Waals surface area contributed by atoms with Gasteiger partial charge in [-0.2, -0.15) is 0 Å². The number of carboxylic acid groups (broad SMARTS) is 1. The molecule has 0 unspecified atom stereocenters. The number of aryl methyl sites for hydroxylation is 1. The van der Waals surface area contributed by atoms with Gasteiger partial charge in [0.25, 0.3) is 5.56 Å². The molecule has 0 fully saturated rings. The molecule has 2 aromatic rings. The van der Waals surface area contributed by atoms with Crippen LogP contribution in [0.2, 0.25) is 0 Å². The standard InChI is InChI=1S/C13H11NO3/c1-9-4-2-3-5-11(9)14-8-10(13(16)17)6-7-12(14)15/h2-8H,1H3,(H,16,17). The molecule has 2 rings (SSSR count). The number of benzene rings is 1. The summed E-state index contributed by atoms with van der Waals surface area (Å²) in [5.74, 6) is -1.05. The monoisotopic (exact) mass is 229 g/mol. The molecule has 0 bridgehead atoms. The average Bonchev–Trinajstić information content (AvgIpc) is 2.30. The van der Waals surface area contributed by atoms with Crippen molar-refractivity contribution in [3.05, 3.63) is 64.1 Å². The van der Waals surface area contributed by atoms with Gasteiger partial charge in [-0.05, 0) is 24.6 Å². The Labute approximate surface area is 97.8 Å². The minimum Gasteiger partial charge on any atom is -0.478 e. The molecule has 0 radical (unpaired) electrons. The van der Waals surface area contributed by atoms with Crippen molar-refractivity contribution in [3.8, 4) is 5.69 Å². The van der Waals surface area contributed by atoms with E-state index < -0.39 is 5.97 Å². The van der Waals surface area contributed by atoms with Crippen LogP contribution in [0.25, 0.3) is 5.69 Å². The Hall–Kier alpha value is -2.36. The van der Waals surface area contributed by atoms with Crippen molar-refractivity contribution < 1.29 is 9.90 Å². The molecule has 1 heterocycles. The molecule has 0 spiro atoms. The summed E-state index contributed by atoms with van der Waals surface area (Å²) in [6.45, 7) is 1.87. The van der Waals surface area contributed by atoms with Crippen LogP contribution in [0.15, 0.2) is 47.4 Å². The molecule has 4 nitrogen and oxygen atoms in total. The number of aromatic carboxylic acids is 1. The molecule has 1 N–H and O–H groups in total. The van der Waals surface area contributed by atoms with E-state index >= 15 is 0 Å². The zero-order valence-corrected chi connectivity index (χ0v) is 9.25. The average molecular weight is 229 g/mol. The highest BCUT2D eigenvalue weighted by Crippen LogP contribution is 2.11. The van der Waals surface area contributed by atoms with Gasteiger partial charge in [-0.15, -0.1) is 0 Å². The summed E-state index contributed by atoms with van der Waals surface area (Å²) in [7, 11) is 0. The van der Waals surface area contributed by atoms with Crippen molar-refractivity contribution in [1.82, 2.24) is 4.57 Å². The lowest BCUT2D eigenvalue weighted by molar-refractivity contribution is 0.0696. The molecule has 0 aliphatic rings. The van der Waals surface area contributed by atoms with E-state index in [1.165, 1.54) is 22.9 Å². The smallest absolute Gasteiger partial charge is 0.337 e. The second-order valence-electron chi connectivity index (χ2n) is 3.72. The van der Waals surface area contributed by atoms with E-state index in [1.807, 2.05) is 25.1 Å². The van der Waals surface area contributed by atoms with Gasteiger partial charge in [0, 0.05) is 12.3 Å². The molecule has 4 heteroatoms. The largest absolute Gasteiger partial charge is 0.478 e. The minimum atomic E-state index is -1.05. The van der Waals surface area contributed by atoms with Gasteiger partial charge in [0.1, 0.15) is 0 Å². The van der Waals surface area contributed by atoms with Crippen LogP contribution < -0.4 is 5.56 Å². The first-order valence-corrected chi connectivity index (χ1v) is 5.11. The molecule has 0 atom stereocenters. The van der Waals surface area contributed by atoms with Crippen molar-refractivity contribution in [2.24, 2.45) is 0 Å². The summed E-state index contributed by atoms with van der Waals surface area (Å²) in [4.78, 5) is 22.6. The number of carbonyl (C=O) groups is 1. The Balaban J connectivity index is 2.67. The van der Waals surface area contributed by atoms with E-state index in [0.29, 0.717) is 5.69 Å². The Morgan fingerprint density at radius 3 is 2.53 bits per heavy atom. The predicted octanol–water partition coefficient (Wildman–Crippen LogP) is 1.84. The van der Waals surface area contributed by atoms with Crippen LogP contribution >= 0.6 is 0 Å². The highest BCUT2D eigenvalue weighted by atomic mass is 16.4. The van der Waals surface area contributed by atoms with Gasteiger partial charge in [-0.3, -0.25) is 9.36 Å². The van der Waals surface area contributed by atoms with Crippen molar-refractivity contribution in [2.75, 3.05) is 0 Å². The first-order chi connectivity index (χ1) is 8.09. The second kappa shape index (κ2) is 4.25. The van der Waals surface area contributed by atoms with Crippen LogP contribution in [0.1, 0.15) is 15.9 Å². The lowest BCUT2D eigenvalue weighted by Gasteiger charge is -2.09. The molecule has 0 amide bonds. The van der Waals surface area contributed by atoms with Gasteiger partial charge in [0.2, 0.25) is 0 Å². The molecule has 0 saturated carbocycles. The molecule has 0 aliphatic heterocycles. The quantitative estimate of drug-likeness (QED) is 0.854. The highest BCUT2D eigenvalue weighted by Gasteiger charge is 2.07. The van der Waals surface area contributed by atoms with Gasteiger partial charge >= 0.3 is 5.97 Å². The second-order valence-corrected chi connectivity index (χ2v) is 3.72. The Morgan fingerprint density at radius 2 is 1.88 bits per heavy atom. The summed E-state index contributed by atoms with van der Waals surface area (Å²) in [6.07, 6.45) is 1.34. The minimum absolute atomic E-state index is 0.0906. The first kappa shape index (κ1) is 11.1. The van der Waals surface area contributed by atoms with Crippen molar-refractivity contribution in [2.45, 2.75) is 6.92 Å². The maximum atomic E-state index is 11.7. The topological polar surface area (TPSA) is 59.3 Å². The third-order valence-corrected chi connectivity index (χ3v) is 2.53. The molecular weight excluding hydrogens is 218 g/mol. The number of carboxylic acids is 1. The number of rotatable bonds is 2. The van der Waals surface area contributed by atoms with E-state index in [0.717, 1.165) is 5.56 Å². The molecule has 1 aromatic carbocycles. The Morgan fingerprint density at radius 1 is 1.18 bits per heavy atom.